The Morgan fingerprint density at radius 1 is 1.09 bits per heavy atom. The van der Waals surface area contributed by atoms with Crippen LogP contribution < -0.4 is 9.80 Å². The summed E-state index contributed by atoms with van der Waals surface area (Å²) in [6.07, 6.45) is 1.39. The fraction of sp³-hybridized carbons (Fsp3) is 0.480. The van der Waals surface area contributed by atoms with Crippen LogP contribution in [0.3, 0.4) is 0 Å². The third-order valence-electron chi connectivity index (χ3n) is 6.12. The Bertz CT molecular complexity index is 1170. The van der Waals surface area contributed by atoms with Gasteiger partial charge < -0.3 is 19.4 Å². The molecule has 5 rings (SSSR count). The van der Waals surface area contributed by atoms with Gasteiger partial charge in [0.2, 0.25) is 0 Å². The molecule has 0 radical (unpaired) electrons. The molecule has 9 heteroatoms. The standard InChI is InChI=1S/C25H30FN5O2S/c1-25(2,3)33-24(32)30-12-10-29(11-13-30)19-5-6-20-21(14-19)34-23(28-20)17-4-7-22(27-15-17)31-9-8-18(26)16-31/h4-7,14-15,18H,8-13,16H2,1-3H3/t18-/m1/s1. The molecule has 1 amide bonds. The molecule has 0 N–H and O–H groups in total. The first-order valence-electron chi connectivity index (χ1n) is 11.7. The zero-order valence-corrected chi connectivity index (χ0v) is 20.6. The lowest BCUT2D eigenvalue weighted by Crippen LogP contribution is -2.50. The SMILES string of the molecule is CC(C)(C)OC(=O)N1CCN(c2ccc3nc(-c4ccc(N5CC[C@@H](F)C5)nc4)sc3c2)CC1. The molecule has 3 aromatic rings. The first-order chi connectivity index (χ1) is 16.2. The average Bonchev–Trinajstić information content (AvgIpc) is 3.44. The van der Waals surface area contributed by atoms with Crippen molar-refractivity contribution in [2.24, 2.45) is 0 Å². The minimum atomic E-state index is -0.764. The highest BCUT2D eigenvalue weighted by atomic mass is 32.1. The fourth-order valence-corrected chi connectivity index (χ4v) is 5.32. The fourth-order valence-electron chi connectivity index (χ4n) is 4.33. The Kier molecular flexibility index (Phi) is 6.06. The summed E-state index contributed by atoms with van der Waals surface area (Å²) in [6, 6.07) is 10.3. The summed E-state index contributed by atoms with van der Waals surface area (Å²) in [5.41, 5.74) is 2.58. The number of halogens is 1. The molecule has 0 aliphatic carbocycles. The van der Waals surface area contributed by atoms with Gasteiger partial charge >= 0.3 is 6.09 Å². The Labute approximate surface area is 203 Å². The van der Waals surface area contributed by atoms with E-state index < -0.39 is 11.8 Å². The van der Waals surface area contributed by atoms with Gasteiger partial charge in [-0.3, -0.25) is 0 Å². The molecule has 2 saturated heterocycles. The predicted molar refractivity (Wildman–Crippen MR) is 135 cm³/mol. The third kappa shape index (κ3) is 4.94. The number of aromatic nitrogens is 2. The quantitative estimate of drug-likeness (QED) is 0.525. The molecule has 180 valence electrons. The minimum absolute atomic E-state index is 0.247. The molecule has 0 saturated carbocycles. The predicted octanol–water partition coefficient (Wildman–Crippen LogP) is 4.96. The summed E-state index contributed by atoms with van der Waals surface area (Å²) in [5.74, 6) is 0.817. The minimum Gasteiger partial charge on any atom is -0.444 e. The molecule has 0 spiro atoms. The van der Waals surface area contributed by atoms with Gasteiger partial charge in [-0.05, 0) is 57.5 Å². The molecule has 2 aliphatic rings. The Balaban J connectivity index is 1.26. The van der Waals surface area contributed by atoms with Crippen LogP contribution in [0.2, 0.25) is 0 Å². The second-order valence-electron chi connectivity index (χ2n) is 9.86. The van der Waals surface area contributed by atoms with Crippen molar-refractivity contribution in [3.63, 3.8) is 0 Å². The maximum atomic E-state index is 13.5. The molecule has 34 heavy (non-hydrogen) atoms. The number of nitrogens with zero attached hydrogens (tertiary/aromatic N) is 5. The molecular weight excluding hydrogens is 453 g/mol. The van der Waals surface area contributed by atoms with Gasteiger partial charge in [0.05, 0.1) is 16.8 Å². The van der Waals surface area contributed by atoms with Crippen LogP contribution in [0, 0.1) is 0 Å². The van der Waals surface area contributed by atoms with E-state index >= 15 is 0 Å². The van der Waals surface area contributed by atoms with Crippen molar-refractivity contribution in [2.45, 2.75) is 39.0 Å². The van der Waals surface area contributed by atoms with Crippen molar-refractivity contribution in [2.75, 3.05) is 49.1 Å². The normalized spacial score (nSPS) is 19.2. The number of hydrogen-bond donors (Lipinski definition) is 0. The summed E-state index contributed by atoms with van der Waals surface area (Å²) in [7, 11) is 0. The smallest absolute Gasteiger partial charge is 0.410 e. The summed E-state index contributed by atoms with van der Waals surface area (Å²) in [6.45, 7) is 9.59. The van der Waals surface area contributed by atoms with Gasteiger partial charge in [-0.1, -0.05) is 0 Å². The van der Waals surface area contributed by atoms with Gasteiger partial charge in [-0.25, -0.2) is 19.2 Å². The van der Waals surface area contributed by atoms with E-state index in [1.165, 1.54) is 0 Å². The number of ether oxygens (including phenoxy) is 1. The van der Waals surface area contributed by atoms with Crippen LogP contribution in [0.1, 0.15) is 27.2 Å². The van der Waals surface area contributed by atoms with Crippen LogP contribution in [0.4, 0.5) is 20.7 Å². The van der Waals surface area contributed by atoms with Crippen molar-refractivity contribution < 1.29 is 13.9 Å². The highest BCUT2D eigenvalue weighted by molar-refractivity contribution is 7.21. The van der Waals surface area contributed by atoms with Crippen molar-refractivity contribution in [1.82, 2.24) is 14.9 Å². The Morgan fingerprint density at radius 3 is 2.53 bits per heavy atom. The van der Waals surface area contributed by atoms with E-state index in [-0.39, 0.29) is 6.09 Å². The summed E-state index contributed by atoms with van der Waals surface area (Å²) < 4.78 is 20.1. The summed E-state index contributed by atoms with van der Waals surface area (Å²) in [5, 5.41) is 0.922. The molecule has 1 atom stereocenters. The molecular formula is C25H30FN5O2S. The zero-order valence-electron chi connectivity index (χ0n) is 19.8. The van der Waals surface area contributed by atoms with Crippen LogP contribution in [0.25, 0.3) is 20.8 Å². The van der Waals surface area contributed by atoms with E-state index in [9.17, 15) is 9.18 Å². The Hall–Kier alpha value is -2.94. The van der Waals surface area contributed by atoms with Gasteiger partial charge in [0, 0.05) is 50.2 Å². The third-order valence-corrected chi connectivity index (χ3v) is 7.19. The number of carbonyl (C=O) groups excluding carboxylic acids is 1. The number of hydrogen-bond acceptors (Lipinski definition) is 7. The van der Waals surface area contributed by atoms with E-state index in [4.69, 9.17) is 9.72 Å². The van der Waals surface area contributed by atoms with Gasteiger partial charge in [0.15, 0.2) is 0 Å². The van der Waals surface area contributed by atoms with Crippen molar-refractivity contribution >= 4 is 39.2 Å². The maximum Gasteiger partial charge on any atom is 0.410 e. The van der Waals surface area contributed by atoms with Crippen molar-refractivity contribution in [3.8, 4) is 10.6 Å². The van der Waals surface area contributed by atoms with Gasteiger partial charge in [-0.2, -0.15) is 0 Å². The van der Waals surface area contributed by atoms with Crippen molar-refractivity contribution in [3.05, 3.63) is 36.5 Å². The first-order valence-corrected chi connectivity index (χ1v) is 12.6. The number of rotatable bonds is 3. The topological polar surface area (TPSA) is 61.8 Å². The van der Waals surface area contributed by atoms with Crippen LogP contribution in [-0.2, 0) is 4.74 Å². The molecule has 1 aromatic carbocycles. The van der Waals surface area contributed by atoms with Crippen LogP contribution in [0.15, 0.2) is 36.5 Å². The summed E-state index contributed by atoms with van der Waals surface area (Å²) >= 11 is 1.64. The second kappa shape index (κ2) is 9.02. The lowest BCUT2D eigenvalue weighted by atomic mass is 10.2. The molecule has 2 aromatic heterocycles. The monoisotopic (exact) mass is 483 g/mol. The number of thiazole rings is 1. The molecule has 0 unspecified atom stereocenters. The average molecular weight is 484 g/mol. The van der Waals surface area contributed by atoms with Gasteiger partial charge in [0.25, 0.3) is 0 Å². The second-order valence-corrected chi connectivity index (χ2v) is 10.9. The van der Waals surface area contributed by atoms with Gasteiger partial charge in [-0.15, -0.1) is 11.3 Å². The zero-order chi connectivity index (χ0) is 23.9. The van der Waals surface area contributed by atoms with Gasteiger partial charge in [0.1, 0.15) is 22.6 Å². The van der Waals surface area contributed by atoms with Crippen molar-refractivity contribution in [1.29, 1.82) is 0 Å². The Morgan fingerprint density at radius 2 is 1.88 bits per heavy atom. The highest BCUT2D eigenvalue weighted by Crippen LogP contribution is 2.33. The highest BCUT2D eigenvalue weighted by Gasteiger charge is 2.26. The van der Waals surface area contributed by atoms with Crippen LogP contribution >= 0.6 is 11.3 Å². The summed E-state index contributed by atoms with van der Waals surface area (Å²) in [4.78, 5) is 27.7. The molecule has 2 fully saturated rings. The van der Waals surface area contributed by atoms with E-state index in [0.29, 0.717) is 32.6 Å². The lowest BCUT2D eigenvalue weighted by molar-refractivity contribution is 0.0240. The van der Waals surface area contributed by atoms with E-state index in [1.807, 2.05) is 44.0 Å². The van der Waals surface area contributed by atoms with E-state index in [0.717, 1.165) is 45.4 Å². The van der Waals surface area contributed by atoms with E-state index in [1.54, 1.807) is 16.2 Å². The molecule has 4 heterocycles. The van der Waals surface area contributed by atoms with E-state index in [2.05, 4.69) is 28.1 Å². The maximum absolute atomic E-state index is 13.5. The molecule has 7 nitrogen and oxygen atoms in total. The largest absolute Gasteiger partial charge is 0.444 e. The first kappa shape index (κ1) is 22.8. The number of benzene rings is 1. The molecule has 0 bridgehead atoms. The lowest BCUT2D eigenvalue weighted by Gasteiger charge is -2.36. The van der Waals surface area contributed by atoms with Crippen LogP contribution in [-0.4, -0.2) is 72.0 Å². The number of fused-ring (bicyclic) bond motifs is 1. The molecule has 2 aliphatic heterocycles. The number of pyridine rings is 1. The number of alkyl halides is 1. The van der Waals surface area contributed by atoms with Crippen LogP contribution in [0.5, 0.6) is 0 Å². The number of anilines is 2. The number of amides is 1. The number of piperazine rings is 1. The number of carbonyl (C=O) groups is 1.